The van der Waals surface area contributed by atoms with E-state index >= 15 is 0 Å². The summed E-state index contributed by atoms with van der Waals surface area (Å²) < 4.78 is 4.60. The van der Waals surface area contributed by atoms with Crippen LogP contribution in [0.25, 0.3) is 33.1 Å². The van der Waals surface area contributed by atoms with E-state index in [0.717, 1.165) is 32.0 Å². The highest BCUT2D eigenvalue weighted by molar-refractivity contribution is 9.10. The molecule has 2 aromatic carbocycles. The van der Waals surface area contributed by atoms with Crippen molar-refractivity contribution in [1.82, 2.24) is 9.13 Å². The van der Waals surface area contributed by atoms with Crippen LogP contribution in [0.5, 0.6) is 0 Å². The number of halogens is 1. The van der Waals surface area contributed by atoms with Gasteiger partial charge in [-0.15, -0.1) is 0 Å². The topological polar surface area (TPSA) is 44.0 Å². The van der Waals surface area contributed by atoms with Crippen molar-refractivity contribution in [3.8, 4) is 11.1 Å². The van der Waals surface area contributed by atoms with Crippen molar-refractivity contribution in [3.05, 3.63) is 68.9 Å². The van der Waals surface area contributed by atoms with Crippen LogP contribution in [0.2, 0.25) is 0 Å². The van der Waals surface area contributed by atoms with Gasteiger partial charge in [0.1, 0.15) is 5.65 Å². The van der Waals surface area contributed by atoms with Crippen LogP contribution in [0.4, 0.5) is 0 Å². The number of carbonyl (C=O) groups is 1. The molecule has 0 amide bonds. The van der Waals surface area contributed by atoms with Crippen LogP contribution in [0.1, 0.15) is 17.3 Å². The fourth-order valence-corrected chi connectivity index (χ4v) is 3.93. The molecule has 0 radical (unpaired) electrons. The van der Waals surface area contributed by atoms with Gasteiger partial charge in [0, 0.05) is 40.5 Å². The highest BCUT2D eigenvalue weighted by Gasteiger charge is 2.18. The van der Waals surface area contributed by atoms with Crippen molar-refractivity contribution in [2.45, 2.75) is 6.92 Å². The Morgan fingerprint density at radius 2 is 1.69 bits per heavy atom. The molecule has 0 unspecified atom stereocenters. The Morgan fingerprint density at radius 3 is 2.35 bits per heavy atom. The van der Waals surface area contributed by atoms with Crippen molar-refractivity contribution in [3.63, 3.8) is 0 Å². The molecule has 26 heavy (non-hydrogen) atoms. The first kappa shape index (κ1) is 16.8. The van der Waals surface area contributed by atoms with E-state index in [-0.39, 0.29) is 11.3 Å². The molecule has 0 fully saturated rings. The second-order valence-electron chi connectivity index (χ2n) is 6.48. The highest BCUT2D eigenvalue weighted by atomic mass is 79.9. The largest absolute Gasteiger partial charge is 0.330 e. The van der Waals surface area contributed by atoms with Crippen LogP contribution in [0.15, 0.2) is 57.8 Å². The fraction of sp³-hybridized carbons (Fsp3) is 0.143. The van der Waals surface area contributed by atoms with E-state index in [1.807, 2.05) is 60.1 Å². The molecule has 0 N–H and O–H groups in total. The summed E-state index contributed by atoms with van der Waals surface area (Å²) in [4.78, 5) is 25.2. The maximum atomic E-state index is 13.0. The Labute approximate surface area is 158 Å². The summed E-state index contributed by atoms with van der Waals surface area (Å²) in [5.41, 5.74) is 3.84. The average Bonchev–Trinajstić information content (AvgIpc) is 2.91. The summed E-state index contributed by atoms with van der Waals surface area (Å²) >= 11 is 3.43. The molecule has 2 heterocycles. The van der Waals surface area contributed by atoms with E-state index < -0.39 is 0 Å². The lowest BCUT2D eigenvalue weighted by molar-refractivity contribution is 0.101. The van der Waals surface area contributed by atoms with E-state index in [9.17, 15) is 9.59 Å². The normalized spacial score (nSPS) is 11.4. The number of nitrogens with zero attached hydrogens (tertiary/aromatic N) is 2. The van der Waals surface area contributed by atoms with Gasteiger partial charge in [0.05, 0.1) is 5.52 Å². The second-order valence-corrected chi connectivity index (χ2v) is 7.40. The molecule has 5 heteroatoms. The first-order chi connectivity index (χ1) is 12.4. The Kier molecular flexibility index (Phi) is 3.84. The van der Waals surface area contributed by atoms with Gasteiger partial charge in [-0.1, -0.05) is 40.2 Å². The Morgan fingerprint density at radius 1 is 1.00 bits per heavy atom. The first-order valence-electron chi connectivity index (χ1n) is 8.28. The van der Waals surface area contributed by atoms with Gasteiger partial charge in [0.25, 0.3) is 5.56 Å². The molecule has 0 bridgehead atoms. The van der Waals surface area contributed by atoms with Gasteiger partial charge >= 0.3 is 0 Å². The van der Waals surface area contributed by atoms with Gasteiger partial charge in [-0.3, -0.25) is 14.2 Å². The van der Waals surface area contributed by atoms with E-state index in [1.165, 1.54) is 0 Å². The lowest BCUT2D eigenvalue weighted by Crippen LogP contribution is -2.20. The minimum atomic E-state index is -0.0601. The smallest absolute Gasteiger partial charge is 0.259 e. The summed E-state index contributed by atoms with van der Waals surface area (Å²) in [5.74, 6) is 0.0159. The van der Waals surface area contributed by atoms with E-state index in [2.05, 4.69) is 15.9 Å². The number of pyridine rings is 1. The number of aryl methyl sites for hydroxylation is 2. The molecule has 0 aliphatic rings. The van der Waals surface area contributed by atoms with Gasteiger partial charge in [-0.05, 0) is 36.8 Å². The number of hydrogen-bond donors (Lipinski definition) is 0. The lowest BCUT2D eigenvalue weighted by atomic mass is 10.0. The Bertz CT molecular complexity index is 1250. The first-order valence-corrected chi connectivity index (χ1v) is 9.07. The van der Waals surface area contributed by atoms with Gasteiger partial charge in [0.2, 0.25) is 0 Å². The molecule has 0 spiro atoms. The van der Waals surface area contributed by atoms with Crippen LogP contribution in [-0.2, 0) is 14.1 Å². The number of ketones is 1. The van der Waals surface area contributed by atoms with Crippen LogP contribution in [-0.4, -0.2) is 14.9 Å². The molecule has 0 atom stereocenters. The molecule has 2 aromatic heterocycles. The Balaban J connectivity index is 2.20. The molecule has 130 valence electrons. The van der Waals surface area contributed by atoms with Crippen molar-refractivity contribution >= 4 is 43.6 Å². The van der Waals surface area contributed by atoms with E-state index in [1.54, 1.807) is 18.5 Å². The van der Waals surface area contributed by atoms with Gasteiger partial charge in [-0.2, -0.15) is 0 Å². The number of Topliss-reactive ketones (excluding diaryl/α,β-unsaturated/α-hetero) is 1. The third kappa shape index (κ3) is 2.35. The number of carbonyl (C=O) groups excluding carboxylic acids is 1. The Hall–Kier alpha value is -2.66. The third-order valence-corrected chi connectivity index (χ3v) is 5.44. The van der Waals surface area contributed by atoms with Crippen molar-refractivity contribution in [2.24, 2.45) is 14.1 Å². The maximum absolute atomic E-state index is 13.0. The average molecular weight is 409 g/mol. The fourth-order valence-electron chi connectivity index (χ4n) is 3.66. The SMILES string of the molecule is CC(=O)c1cccc2c1c1cc(-c3ccc(Br)cc3)c(=O)n(C)c1n2C. The van der Waals surface area contributed by atoms with Crippen LogP contribution >= 0.6 is 15.9 Å². The highest BCUT2D eigenvalue weighted by Crippen LogP contribution is 2.32. The number of benzene rings is 2. The molecule has 0 aliphatic heterocycles. The third-order valence-electron chi connectivity index (χ3n) is 4.91. The summed E-state index contributed by atoms with van der Waals surface area (Å²) in [6, 6.07) is 15.3. The number of fused-ring (bicyclic) bond motifs is 3. The molecular formula is C21H17BrN2O2. The number of aromatic nitrogens is 2. The van der Waals surface area contributed by atoms with Gasteiger partial charge < -0.3 is 4.57 Å². The summed E-state index contributed by atoms with van der Waals surface area (Å²) in [6.45, 7) is 1.57. The van der Waals surface area contributed by atoms with Gasteiger partial charge in [0.15, 0.2) is 5.78 Å². The minimum absolute atomic E-state index is 0.0159. The molecule has 0 aliphatic carbocycles. The minimum Gasteiger partial charge on any atom is -0.330 e. The standard InChI is InChI=1S/C21H17BrN2O2/c1-12(25)15-5-4-6-18-19(15)17-11-16(13-7-9-14(22)10-8-13)21(26)24(3)20(17)23(18)2/h4-11H,1-3H3. The predicted molar refractivity (Wildman–Crippen MR) is 109 cm³/mol. The van der Waals surface area contributed by atoms with E-state index in [4.69, 9.17) is 0 Å². The van der Waals surface area contributed by atoms with Crippen LogP contribution < -0.4 is 5.56 Å². The molecule has 4 nitrogen and oxygen atoms in total. The maximum Gasteiger partial charge on any atom is 0.259 e. The quantitative estimate of drug-likeness (QED) is 0.452. The summed E-state index contributed by atoms with van der Waals surface area (Å²) in [7, 11) is 3.70. The number of hydrogen-bond acceptors (Lipinski definition) is 2. The zero-order valence-corrected chi connectivity index (χ0v) is 16.3. The van der Waals surface area contributed by atoms with E-state index in [0.29, 0.717) is 11.1 Å². The second kappa shape index (κ2) is 5.95. The summed E-state index contributed by atoms with van der Waals surface area (Å²) in [5, 5.41) is 1.81. The van der Waals surface area contributed by atoms with Crippen molar-refractivity contribution < 1.29 is 4.79 Å². The van der Waals surface area contributed by atoms with Crippen molar-refractivity contribution in [1.29, 1.82) is 0 Å². The van der Waals surface area contributed by atoms with Crippen LogP contribution in [0, 0.1) is 0 Å². The van der Waals surface area contributed by atoms with Crippen LogP contribution in [0.3, 0.4) is 0 Å². The zero-order valence-electron chi connectivity index (χ0n) is 14.7. The van der Waals surface area contributed by atoms with Crippen molar-refractivity contribution in [2.75, 3.05) is 0 Å². The molecule has 4 rings (SSSR count). The monoisotopic (exact) mass is 408 g/mol. The molecule has 4 aromatic rings. The number of rotatable bonds is 2. The zero-order chi connectivity index (χ0) is 18.6. The lowest BCUT2D eigenvalue weighted by Gasteiger charge is -2.08. The summed E-state index contributed by atoms with van der Waals surface area (Å²) in [6.07, 6.45) is 0. The predicted octanol–water partition coefficient (Wildman–Crippen LogP) is 4.66. The molecular weight excluding hydrogens is 392 g/mol. The molecule has 0 saturated heterocycles. The molecule has 0 saturated carbocycles. The van der Waals surface area contributed by atoms with Gasteiger partial charge in [-0.25, -0.2) is 0 Å².